The van der Waals surface area contributed by atoms with E-state index in [9.17, 15) is 14.4 Å². The van der Waals surface area contributed by atoms with Gasteiger partial charge in [-0.1, -0.05) is 13.8 Å². The van der Waals surface area contributed by atoms with Gasteiger partial charge in [-0.25, -0.2) is 9.48 Å². The van der Waals surface area contributed by atoms with Crippen molar-refractivity contribution in [1.82, 2.24) is 20.4 Å². The molecule has 0 saturated heterocycles. The van der Waals surface area contributed by atoms with Gasteiger partial charge in [0, 0.05) is 19.2 Å². The molecule has 2 unspecified atom stereocenters. The summed E-state index contributed by atoms with van der Waals surface area (Å²) in [5, 5.41) is 10.5. The fraction of sp³-hybridized carbons (Fsp3) is 0.692. The van der Waals surface area contributed by atoms with Crippen molar-refractivity contribution in [3.8, 4) is 5.88 Å². The van der Waals surface area contributed by atoms with E-state index in [4.69, 9.17) is 15.2 Å². The maximum atomic E-state index is 13.5. The Kier molecular flexibility index (Phi) is 7.07. The molecule has 4 bridgehead atoms. The molecule has 10 heteroatoms. The molecule has 3 amide bonds. The van der Waals surface area contributed by atoms with Crippen LogP contribution in [0, 0.1) is 23.7 Å². The van der Waals surface area contributed by atoms with Crippen molar-refractivity contribution in [2.45, 2.75) is 83.9 Å². The topological polar surface area (TPSA) is 138 Å². The molecule has 198 valence electrons. The molecule has 0 radical (unpaired) electrons. The summed E-state index contributed by atoms with van der Waals surface area (Å²) < 4.78 is 13.2. The number of aromatic nitrogens is 2. The van der Waals surface area contributed by atoms with Crippen molar-refractivity contribution in [2.24, 2.45) is 29.4 Å². The van der Waals surface area contributed by atoms with Crippen LogP contribution in [-0.2, 0) is 9.53 Å². The van der Waals surface area contributed by atoms with Crippen LogP contribution in [0.4, 0.5) is 4.79 Å². The fourth-order valence-corrected chi connectivity index (χ4v) is 6.51. The molecule has 1 aromatic rings. The number of amides is 3. The first-order valence-electron chi connectivity index (χ1n) is 12.8. The maximum absolute atomic E-state index is 13.5. The van der Waals surface area contributed by atoms with Crippen LogP contribution in [0.15, 0.2) is 12.3 Å². The number of nitrogens with two attached hydrogens (primary N) is 1. The van der Waals surface area contributed by atoms with Crippen LogP contribution in [0.5, 0.6) is 5.88 Å². The summed E-state index contributed by atoms with van der Waals surface area (Å²) in [6, 6.07) is 0.00851. The Hall–Kier alpha value is -3.04. The Morgan fingerprint density at radius 3 is 2.50 bits per heavy atom. The van der Waals surface area contributed by atoms with Crippen molar-refractivity contribution < 1.29 is 23.9 Å². The molecule has 1 aromatic heterocycles. The van der Waals surface area contributed by atoms with Crippen LogP contribution < -0.4 is 21.1 Å². The highest BCUT2D eigenvalue weighted by atomic mass is 16.6. The summed E-state index contributed by atoms with van der Waals surface area (Å²) >= 11 is 0. The molecule has 4 N–H and O–H groups in total. The molecular weight excluding hydrogens is 462 g/mol. The van der Waals surface area contributed by atoms with Gasteiger partial charge in [0.2, 0.25) is 11.8 Å². The van der Waals surface area contributed by atoms with Crippen molar-refractivity contribution >= 4 is 24.1 Å². The Balaban J connectivity index is 1.52. The second kappa shape index (κ2) is 9.78. The van der Waals surface area contributed by atoms with Crippen molar-refractivity contribution in [3.63, 3.8) is 0 Å². The summed E-state index contributed by atoms with van der Waals surface area (Å²) in [4.78, 5) is 36.5. The van der Waals surface area contributed by atoms with E-state index in [1.807, 2.05) is 27.7 Å². The average molecular weight is 502 g/mol. The van der Waals surface area contributed by atoms with Gasteiger partial charge in [-0.2, -0.15) is 5.10 Å². The van der Waals surface area contributed by atoms with Gasteiger partial charge in [-0.3, -0.25) is 9.59 Å². The average Bonchev–Trinajstić information content (AvgIpc) is 3.14. The lowest BCUT2D eigenvalue weighted by atomic mass is 9.52. The first kappa shape index (κ1) is 26.0. The molecule has 10 nitrogen and oxygen atoms in total. The molecule has 0 aliphatic heterocycles. The highest BCUT2D eigenvalue weighted by Crippen LogP contribution is 2.57. The third-order valence-corrected chi connectivity index (χ3v) is 7.51. The van der Waals surface area contributed by atoms with Crippen LogP contribution in [0.25, 0.3) is 6.20 Å². The van der Waals surface area contributed by atoms with Gasteiger partial charge in [0.05, 0.1) is 18.3 Å². The number of primary amides is 1. The number of carbonyl (C=O) groups is 3. The number of hydrogen-bond acceptors (Lipinski definition) is 6. The van der Waals surface area contributed by atoms with E-state index in [2.05, 4.69) is 15.7 Å². The molecule has 0 spiro atoms. The van der Waals surface area contributed by atoms with Crippen LogP contribution in [0.1, 0.15) is 77.1 Å². The van der Waals surface area contributed by atoms with Gasteiger partial charge in [0.25, 0.3) is 5.91 Å². The Morgan fingerprint density at radius 2 is 1.92 bits per heavy atom. The Bertz CT molecular complexity index is 1030. The molecule has 2 atom stereocenters. The molecule has 1 heterocycles. The third kappa shape index (κ3) is 5.68. The minimum atomic E-state index is -0.716. The zero-order chi connectivity index (χ0) is 26.3. The third-order valence-electron chi connectivity index (χ3n) is 7.51. The highest BCUT2D eigenvalue weighted by Gasteiger charge is 2.57. The van der Waals surface area contributed by atoms with E-state index < -0.39 is 17.2 Å². The predicted molar refractivity (Wildman–Crippen MR) is 134 cm³/mol. The van der Waals surface area contributed by atoms with E-state index in [0.717, 1.165) is 32.1 Å². The van der Waals surface area contributed by atoms with E-state index >= 15 is 0 Å². The lowest BCUT2D eigenvalue weighted by Gasteiger charge is -2.58. The minimum Gasteiger partial charge on any atom is -0.477 e. The standard InChI is InChI=1S/C26H39N5O5/c1-15(2)14-35-23-20(13-28-31(23)7-6-25(4,5)30-16(3)32)22(33)29-21-18-8-17-9-19(21)12-26(10-17,11-18)36-24(27)34/h6-7,13,15,17-19,21H,8-12,14H2,1-5H3,(H2,27,34)(H,29,33)(H,30,32)/b7-6+/t17?,18?,19?,21-,26-. The molecule has 0 aromatic carbocycles. The number of nitrogens with one attached hydrogen (secondary N) is 2. The molecule has 4 fully saturated rings. The first-order valence-corrected chi connectivity index (χ1v) is 12.8. The quantitative estimate of drug-likeness (QED) is 0.475. The second-order valence-electron chi connectivity index (χ2n) is 11.8. The van der Waals surface area contributed by atoms with Crippen molar-refractivity contribution in [2.75, 3.05) is 6.61 Å². The van der Waals surface area contributed by atoms with Crippen LogP contribution in [-0.4, -0.2) is 51.5 Å². The minimum absolute atomic E-state index is 0.00851. The van der Waals surface area contributed by atoms with Crippen LogP contribution >= 0.6 is 0 Å². The lowest BCUT2D eigenvalue weighted by molar-refractivity contribution is -0.137. The highest BCUT2D eigenvalue weighted by molar-refractivity contribution is 5.96. The second-order valence-corrected chi connectivity index (χ2v) is 11.8. The number of hydrogen-bond donors (Lipinski definition) is 3. The van der Waals surface area contributed by atoms with Gasteiger partial charge in [0.15, 0.2) is 0 Å². The molecule has 5 rings (SSSR count). The van der Waals surface area contributed by atoms with E-state index in [1.54, 1.807) is 12.3 Å². The number of nitrogens with zero attached hydrogens (tertiary/aromatic N) is 2. The lowest BCUT2D eigenvalue weighted by Crippen LogP contribution is -2.63. The molecule has 4 saturated carbocycles. The fourth-order valence-electron chi connectivity index (χ4n) is 6.51. The summed E-state index contributed by atoms with van der Waals surface area (Å²) in [5.41, 5.74) is 4.66. The SMILES string of the molecule is CC(=O)NC(C)(C)/C=C/n1ncc(C(=O)N[C@H]2C3CC4CC2C[C@](OC(N)=O)(C4)C3)c1OCC(C)C. The first-order chi connectivity index (χ1) is 16.9. The normalized spacial score (nSPS) is 28.9. The smallest absolute Gasteiger partial charge is 0.405 e. The summed E-state index contributed by atoms with van der Waals surface area (Å²) in [7, 11) is 0. The predicted octanol–water partition coefficient (Wildman–Crippen LogP) is 3.08. The largest absolute Gasteiger partial charge is 0.477 e. The molecule has 36 heavy (non-hydrogen) atoms. The molecular formula is C26H39N5O5. The number of carbonyl (C=O) groups excluding carboxylic acids is 3. The summed E-state index contributed by atoms with van der Waals surface area (Å²) in [5.74, 6) is 1.25. The van der Waals surface area contributed by atoms with Gasteiger partial charge in [-0.15, -0.1) is 0 Å². The van der Waals surface area contributed by atoms with E-state index in [0.29, 0.717) is 24.0 Å². The summed E-state index contributed by atoms with van der Waals surface area (Å²) in [6.07, 6.45) is 8.67. The van der Waals surface area contributed by atoms with Crippen molar-refractivity contribution in [1.29, 1.82) is 0 Å². The van der Waals surface area contributed by atoms with E-state index in [-0.39, 0.29) is 35.6 Å². The number of rotatable bonds is 9. The van der Waals surface area contributed by atoms with Gasteiger partial charge >= 0.3 is 6.09 Å². The zero-order valence-electron chi connectivity index (χ0n) is 21.9. The van der Waals surface area contributed by atoms with Gasteiger partial charge in [-0.05, 0) is 75.7 Å². The Labute approximate surface area is 212 Å². The van der Waals surface area contributed by atoms with Gasteiger partial charge < -0.3 is 25.8 Å². The van der Waals surface area contributed by atoms with Crippen molar-refractivity contribution in [3.05, 3.63) is 17.8 Å². The Morgan fingerprint density at radius 1 is 1.25 bits per heavy atom. The monoisotopic (exact) mass is 501 g/mol. The van der Waals surface area contributed by atoms with E-state index in [1.165, 1.54) is 17.8 Å². The van der Waals surface area contributed by atoms with Crippen LogP contribution in [0.3, 0.4) is 0 Å². The maximum Gasteiger partial charge on any atom is 0.405 e. The zero-order valence-corrected chi connectivity index (χ0v) is 21.9. The van der Waals surface area contributed by atoms with Gasteiger partial charge in [0.1, 0.15) is 11.2 Å². The summed E-state index contributed by atoms with van der Waals surface area (Å²) in [6.45, 7) is 9.71. The molecule has 4 aliphatic rings. The van der Waals surface area contributed by atoms with Crippen LogP contribution in [0.2, 0.25) is 0 Å². The number of ether oxygens (including phenoxy) is 2. The molecule has 4 aliphatic carbocycles.